The molecule has 1 N–H and O–H groups in total. The van der Waals surface area contributed by atoms with Crippen LogP contribution in [0.3, 0.4) is 0 Å². The second-order valence-corrected chi connectivity index (χ2v) is 7.73. The average molecular weight is 302 g/mol. The average Bonchev–Trinajstić information content (AvgIpc) is 3.09. The van der Waals surface area contributed by atoms with E-state index in [9.17, 15) is 13.2 Å². The SMILES string of the molecule is CC(C)S(=O)(=O)NC(=O)C1CC1c1ccc(Cl)cc1. The van der Waals surface area contributed by atoms with E-state index in [-0.39, 0.29) is 11.8 Å². The second-order valence-electron chi connectivity index (χ2n) is 5.06. The van der Waals surface area contributed by atoms with Gasteiger partial charge in [0, 0.05) is 10.9 Å². The van der Waals surface area contributed by atoms with Crippen LogP contribution in [-0.4, -0.2) is 19.6 Å². The van der Waals surface area contributed by atoms with E-state index in [1.165, 1.54) is 0 Å². The molecule has 1 aliphatic carbocycles. The largest absolute Gasteiger partial charge is 0.274 e. The first-order valence-electron chi connectivity index (χ1n) is 6.12. The van der Waals surface area contributed by atoms with Crippen LogP contribution in [0.5, 0.6) is 0 Å². The van der Waals surface area contributed by atoms with Crippen LogP contribution in [0, 0.1) is 5.92 Å². The van der Waals surface area contributed by atoms with E-state index < -0.39 is 21.2 Å². The first kappa shape index (κ1) is 14.3. The number of hydrogen-bond acceptors (Lipinski definition) is 3. The Morgan fingerprint density at radius 2 is 1.89 bits per heavy atom. The van der Waals surface area contributed by atoms with Gasteiger partial charge in [0.15, 0.2) is 0 Å². The van der Waals surface area contributed by atoms with E-state index in [4.69, 9.17) is 11.6 Å². The minimum absolute atomic E-state index is 0.0969. The Labute approximate surface area is 118 Å². The lowest BCUT2D eigenvalue weighted by Crippen LogP contribution is -2.36. The summed E-state index contributed by atoms with van der Waals surface area (Å²) >= 11 is 5.80. The molecule has 0 aliphatic heterocycles. The van der Waals surface area contributed by atoms with Crippen LogP contribution in [0.4, 0.5) is 0 Å². The van der Waals surface area contributed by atoms with Crippen molar-refractivity contribution < 1.29 is 13.2 Å². The number of halogens is 1. The number of sulfonamides is 1. The maximum absolute atomic E-state index is 11.9. The van der Waals surface area contributed by atoms with Crippen molar-refractivity contribution in [3.63, 3.8) is 0 Å². The molecule has 19 heavy (non-hydrogen) atoms. The van der Waals surface area contributed by atoms with Gasteiger partial charge in [0.1, 0.15) is 0 Å². The van der Waals surface area contributed by atoms with E-state index in [0.29, 0.717) is 11.4 Å². The standard InChI is InChI=1S/C13H16ClNO3S/c1-8(2)19(17,18)15-13(16)12-7-11(12)9-3-5-10(14)6-4-9/h3-6,8,11-12H,7H2,1-2H3,(H,15,16). The molecular formula is C13H16ClNO3S. The Bertz CT molecular complexity index is 580. The number of amides is 1. The third-order valence-corrected chi connectivity index (χ3v) is 5.27. The van der Waals surface area contributed by atoms with Crippen molar-refractivity contribution in [3.8, 4) is 0 Å². The Hall–Kier alpha value is -1.07. The molecule has 1 aromatic carbocycles. The number of rotatable bonds is 4. The molecule has 1 fully saturated rings. The van der Waals surface area contributed by atoms with Crippen molar-refractivity contribution in [3.05, 3.63) is 34.9 Å². The summed E-state index contributed by atoms with van der Waals surface area (Å²) in [7, 11) is -3.54. The van der Waals surface area contributed by atoms with Crippen molar-refractivity contribution in [1.82, 2.24) is 4.72 Å². The molecule has 1 saturated carbocycles. The molecule has 0 spiro atoms. The molecule has 1 aromatic rings. The molecular weight excluding hydrogens is 286 g/mol. The normalized spacial score (nSPS) is 22.3. The summed E-state index contributed by atoms with van der Waals surface area (Å²) in [6.07, 6.45) is 0.682. The Kier molecular flexibility index (Phi) is 3.87. The van der Waals surface area contributed by atoms with Crippen LogP contribution < -0.4 is 4.72 Å². The predicted molar refractivity (Wildman–Crippen MR) is 74.5 cm³/mol. The molecule has 2 atom stereocenters. The zero-order valence-electron chi connectivity index (χ0n) is 10.8. The number of nitrogens with one attached hydrogen (secondary N) is 1. The van der Waals surface area contributed by atoms with Crippen molar-refractivity contribution in [2.75, 3.05) is 0 Å². The molecule has 104 valence electrons. The Morgan fingerprint density at radius 1 is 1.32 bits per heavy atom. The summed E-state index contributed by atoms with van der Waals surface area (Å²) in [6.45, 7) is 3.08. The predicted octanol–water partition coefficient (Wildman–Crippen LogP) is 2.30. The highest BCUT2D eigenvalue weighted by Crippen LogP contribution is 2.47. The second kappa shape index (κ2) is 5.13. The van der Waals surface area contributed by atoms with Gasteiger partial charge in [0.25, 0.3) is 0 Å². The van der Waals surface area contributed by atoms with Crippen LogP contribution >= 0.6 is 11.6 Å². The fourth-order valence-electron chi connectivity index (χ4n) is 1.90. The van der Waals surface area contributed by atoms with Gasteiger partial charge in [-0.15, -0.1) is 0 Å². The lowest BCUT2D eigenvalue weighted by Gasteiger charge is -2.09. The molecule has 0 aromatic heterocycles. The summed E-state index contributed by atoms with van der Waals surface area (Å²) in [5.74, 6) is -0.567. The van der Waals surface area contributed by atoms with Crippen LogP contribution in [0.15, 0.2) is 24.3 Å². The van der Waals surface area contributed by atoms with Gasteiger partial charge in [-0.05, 0) is 43.9 Å². The molecule has 6 heteroatoms. The van der Waals surface area contributed by atoms with Gasteiger partial charge in [-0.3, -0.25) is 9.52 Å². The lowest BCUT2D eigenvalue weighted by atomic mass is 10.1. The monoisotopic (exact) mass is 301 g/mol. The number of hydrogen-bond donors (Lipinski definition) is 1. The minimum Gasteiger partial charge on any atom is -0.274 e. The molecule has 0 heterocycles. The summed E-state index contributed by atoms with van der Waals surface area (Å²) in [5, 5.41) is 0.0389. The maximum Gasteiger partial charge on any atom is 0.237 e. The first-order valence-corrected chi connectivity index (χ1v) is 8.04. The quantitative estimate of drug-likeness (QED) is 0.928. The molecule has 2 unspecified atom stereocenters. The van der Waals surface area contributed by atoms with E-state index in [2.05, 4.69) is 4.72 Å². The van der Waals surface area contributed by atoms with E-state index >= 15 is 0 Å². The zero-order chi connectivity index (χ0) is 14.2. The summed E-state index contributed by atoms with van der Waals surface area (Å²) < 4.78 is 25.4. The highest BCUT2D eigenvalue weighted by Gasteiger charge is 2.45. The Balaban J connectivity index is 2.00. The lowest BCUT2D eigenvalue weighted by molar-refractivity contribution is -0.120. The van der Waals surface area contributed by atoms with Crippen LogP contribution in [0.25, 0.3) is 0 Å². The fourth-order valence-corrected chi connectivity index (χ4v) is 2.69. The van der Waals surface area contributed by atoms with E-state index in [0.717, 1.165) is 5.56 Å². The summed E-state index contributed by atoms with van der Waals surface area (Å²) in [5.41, 5.74) is 1.02. The van der Waals surface area contributed by atoms with Crippen molar-refractivity contribution >= 4 is 27.5 Å². The first-order chi connectivity index (χ1) is 8.81. The van der Waals surface area contributed by atoms with Gasteiger partial charge in [0.2, 0.25) is 15.9 Å². The molecule has 4 nitrogen and oxygen atoms in total. The van der Waals surface area contributed by atoms with Gasteiger partial charge in [-0.25, -0.2) is 8.42 Å². The number of carbonyl (C=O) groups is 1. The molecule has 2 rings (SSSR count). The van der Waals surface area contributed by atoms with E-state index in [1.54, 1.807) is 26.0 Å². The van der Waals surface area contributed by atoms with Crippen LogP contribution in [-0.2, 0) is 14.8 Å². The fraction of sp³-hybridized carbons (Fsp3) is 0.462. The van der Waals surface area contributed by atoms with Crippen molar-refractivity contribution in [2.45, 2.75) is 31.4 Å². The molecule has 0 bridgehead atoms. The summed E-state index contributed by atoms with van der Waals surface area (Å²) in [4.78, 5) is 11.9. The van der Waals surface area contributed by atoms with Crippen molar-refractivity contribution in [2.24, 2.45) is 5.92 Å². The van der Waals surface area contributed by atoms with Gasteiger partial charge < -0.3 is 0 Å². The topological polar surface area (TPSA) is 63.2 Å². The molecule has 1 amide bonds. The van der Waals surface area contributed by atoms with Gasteiger partial charge in [-0.1, -0.05) is 23.7 Å². The Morgan fingerprint density at radius 3 is 2.42 bits per heavy atom. The van der Waals surface area contributed by atoms with Gasteiger partial charge in [-0.2, -0.15) is 0 Å². The molecule has 0 saturated heterocycles. The summed E-state index contributed by atoms with van der Waals surface area (Å²) in [6, 6.07) is 7.29. The van der Waals surface area contributed by atoms with Crippen LogP contribution in [0.1, 0.15) is 31.7 Å². The highest BCUT2D eigenvalue weighted by atomic mass is 35.5. The number of benzene rings is 1. The van der Waals surface area contributed by atoms with Gasteiger partial charge in [0.05, 0.1) is 5.25 Å². The van der Waals surface area contributed by atoms with Crippen LogP contribution in [0.2, 0.25) is 5.02 Å². The highest BCUT2D eigenvalue weighted by molar-refractivity contribution is 7.90. The van der Waals surface area contributed by atoms with E-state index in [1.807, 2.05) is 12.1 Å². The minimum atomic E-state index is -3.54. The third-order valence-electron chi connectivity index (χ3n) is 3.29. The van der Waals surface area contributed by atoms with Crippen molar-refractivity contribution in [1.29, 1.82) is 0 Å². The molecule has 0 radical (unpaired) electrons. The number of carbonyl (C=O) groups excluding carboxylic acids is 1. The van der Waals surface area contributed by atoms with Gasteiger partial charge >= 0.3 is 0 Å². The molecule has 1 aliphatic rings. The maximum atomic E-state index is 11.9. The third kappa shape index (κ3) is 3.28. The zero-order valence-corrected chi connectivity index (χ0v) is 12.3. The smallest absolute Gasteiger partial charge is 0.237 e.